The molecule has 0 saturated carbocycles. The van der Waals surface area contributed by atoms with Gasteiger partial charge in [-0.25, -0.2) is 13.2 Å². The van der Waals surface area contributed by atoms with E-state index in [4.69, 9.17) is 4.74 Å². The van der Waals surface area contributed by atoms with Gasteiger partial charge in [0.2, 0.25) is 5.91 Å². The van der Waals surface area contributed by atoms with Crippen molar-refractivity contribution in [1.29, 1.82) is 0 Å². The van der Waals surface area contributed by atoms with Gasteiger partial charge >= 0.3 is 6.09 Å². The molecule has 172 valence electrons. The van der Waals surface area contributed by atoms with Crippen molar-refractivity contribution in [3.8, 4) is 0 Å². The van der Waals surface area contributed by atoms with Gasteiger partial charge in [-0.15, -0.1) is 0 Å². The first-order valence-corrected chi connectivity index (χ1v) is 12.4. The molecule has 0 aliphatic carbocycles. The van der Waals surface area contributed by atoms with Crippen LogP contribution in [0.25, 0.3) is 0 Å². The summed E-state index contributed by atoms with van der Waals surface area (Å²) in [7, 11) is -1.94. The van der Waals surface area contributed by atoms with Gasteiger partial charge in [-0.1, -0.05) is 12.1 Å². The van der Waals surface area contributed by atoms with Gasteiger partial charge in [0.05, 0.1) is 31.1 Å². The fraction of sp³-hybridized carbons (Fsp3) is 0.619. The van der Waals surface area contributed by atoms with Gasteiger partial charge in [0.1, 0.15) is 0 Å². The molecule has 2 aliphatic heterocycles. The van der Waals surface area contributed by atoms with Crippen LogP contribution < -0.4 is 0 Å². The van der Waals surface area contributed by atoms with Gasteiger partial charge in [-0.3, -0.25) is 9.69 Å². The summed E-state index contributed by atoms with van der Waals surface area (Å²) in [6.45, 7) is 2.68. The number of nitrogens with zero attached hydrogens (tertiary/aromatic N) is 3. The molecule has 0 bridgehead atoms. The van der Waals surface area contributed by atoms with E-state index in [0.29, 0.717) is 26.2 Å². The molecule has 2 amide bonds. The van der Waals surface area contributed by atoms with Crippen molar-refractivity contribution in [3.63, 3.8) is 0 Å². The Hall–Kier alpha value is -2.17. The second kappa shape index (κ2) is 9.97. The summed E-state index contributed by atoms with van der Waals surface area (Å²) in [5, 5.41) is 9.64. The van der Waals surface area contributed by atoms with Crippen LogP contribution in [-0.4, -0.2) is 105 Å². The lowest BCUT2D eigenvalue weighted by atomic mass is 10.1. The number of aliphatic hydroxyl groups is 1. The Balaban J connectivity index is 1.72. The molecule has 31 heavy (non-hydrogen) atoms. The van der Waals surface area contributed by atoms with Crippen molar-refractivity contribution in [2.45, 2.75) is 36.2 Å². The van der Waals surface area contributed by atoms with Gasteiger partial charge in [0.25, 0.3) is 0 Å². The van der Waals surface area contributed by atoms with Crippen LogP contribution in [0.4, 0.5) is 4.79 Å². The molecule has 0 spiro atoms. The highest BCUT2D eigenvalue weighted by atomic mass is 32.2. The van der Waals surface area contributed by atoms with Gasteiger partial charge < -0.3 is 19.6 Å². The lowest BCUT2D eigenvalue weighted by molar-refractivity contribution is -0.135. The maximum Gasteiger partial charge on any atom is 0.409 e. The number of hydrogen-bond acceptors (Lipinski definition) is 7. The summed E-state index contributed by atoms with van der Waals surface area (Å²) in [6.07, 6.45) is 2.82. The zero-order valence-electron chi connectivity index (χ0n) is 18.1. The number of hydrogen-bond donors (Lipinski definition) is 1. The van der Waals surface area contributed by atoms with Gasteiger partial charge in [-0.2, -0.15) is 0 Å². The Morgan fingerprint density at radius 1 is 1.13 bits per heavy atom. The Kier molecular flexibility index (Phi) is 7.55. The maximum absolute atomic E-state index is 13.1. The molecule has 2 saturated heterocycles. The van der Waals surface area contributed by atoms with E-state index < -0.39 is 15.9 Å². The molecule has 1 aromatic carbocycles. The molecular weight excluding hydrogens is 422 g/mol. The quantitative estimate of drug-likeness (QED) is 0.663. The number of amides is 2. The van der Waals surface area contributed by atoms with Crippen LogP contribution >= 0.6 is 0 Å². The van der Waals surface area contributed by atoms with Crippen LogP contribution in [0.15, 0.2) is 29.2 Å². The molecule has 1 N–H and O–H groups in total. The normalized spacial score (nSPS) is 22.5. The van der Waals surface area contributed by atoms with Crippen molar-refractivity contribution in [3.05, 3.63) is 29.8 Å². The second-order valence-electron chi connectivity index (χ2n) is 8.22. The predicted molar refractivity (Wildman–Crippen MR) is 114 cm³/mol. The number of ether oxygens (including phenoxy) is 1. The number of methoxy groups -OCH3 is 1. The van der Waals surface area contributed by atoms with Crippen LogP contribution in [0.2, 0.25) is 0 Å². The monoisotopic (exact) mass is 453 g/mol. The first-order chi connectivity index (χ1) is 14.7. The SMILES string of the molecule is COC(=O)N1CCN(C(=O)Cc2ccc(S(C)(=O)=O)cc2)C(CN2CCCC2CO)C1. The standard InChI is InChI=1S/C21H31N3O6S/c1-30-21(27)23-10-11-24(18(14-23)13-22-9-3-4-17(22)15-25)20(26)12-16-5-7-19(8-6-16)31(2,28)29/h5-8,17-18,25H,3-4,9-15H2,1-2H3. The second-order valence-corrected chi connectivity index (χ2v) is 10.2. The number of rotatable bonds is 6. The molecule has 0 aromatic heterocycles. The molecule has 10 heteroatoms. The number of carbonyl (C=O) groups is 2. The van der Waals surface area contributed by atoms with Crippen molar-refractivity contribution < 1.29 is 27.9 Å². The third-order valence-electron chi connectivity index (χ3n) is 6.10. The van der Waals surface area contributed by atoms with Crippen LogP contribution in [0.3, 0.4) is 0 Å². The minimum atomic E-state index is -3.29. The third-order valence-corrected chi connectivity index (χ3v) is 7.23. The Morgan fingerprint density at radius 2 is 1.84 bits per heavy atom. The highest BCUT2D eigenvalue weighted by Gasteiger charge is 2.36. The van der Waals surface area contributed by atoms with E-state index in [-0.39, 0.29) is 35.9 Å². The van der Waals surface area contributed by atoms with E-state index in [2.05, 4.69) is 4.90 Å². The molecule has 0 radical (unpaired) electrons. The Bertz CT molecular complexity index is 889. The number of piperazine rings is 1. The third kappa shape index (κ3) is 5.75. The average Bonchev–Trinajstić information content (AvgIpc) is 3.19. The fourth-order valence-electron chi connectivity index (χ4n) is 4.38. The molecule has 2 unspecified atom stereocenters. The van der Waals surface area contributed by atoms with E-state index in [9.17, 15) is 23.1 Å². The highest BCUT2D eigenvalue weighted by Crippen LogP contribution is 2.21. The number of aliphatic hydroxyl groups excluding tert-OH is 1. The topological polar surface area (TPSA) is 107 Å². The van der Waals surface area contributed by atoms with E-state index in [0.717, 1.165) is 31.2 Å². The van der Waals surface area contributed by atoms with Crippen molar-refractivity contribution in [1.82, 2.24) is 14.7 Å². The van der Waals surface area contributed by atoms with E-state index in [1.54, 1.807) is 21.9 Å². The van der Waals surface area contributed by atoms with Crippen molar-refractivity contribution in [2.75, 3.05) is 52.7 Å². The molecule has 9 nitrogen and oxygen atoms in total. The minimum Gasteiger partial charge on any atom is -0.453 e. The largest absolute Gasteiger partial charge is 0.453 e. The number of carbonyl (C=O) groups excluding carboxylic acids is 2. The summed E-state index contributed by atoms with van der Waals surface area (Å²) in [5.74, 6) is -0.0682. The molecule has 2 fully saturated rings. The molecule has 1 aromatic rings. The number of sulfone groups is 1. The first kappa shape index (κ1) is 23.5. The lowest BCUT2D eigenvalue weighted by Crippen LogP contribution is -2.60. The van der Waals surface area contributed by atoms with Crippen LogP contribution in [-0.2, 0) is 25.8 Å². The van der Waals surface area contributed by atoms with Gasteiger partial charge in [0, 0.05) is 38.5 Å². The zero-order chi connectivity index (χ0) is 22.6. The summed E-state index contributed by atoms with van der Waals surface area (Å²) in [4.78, 5) is 31.0. The Morgan fingerprint density at radius 3 is 2.45 bits per heavy atom. The molecule has 2 atom stereocenters. The van der Waals surface area contributed by atoms with Gasteiger partial charge in [-0.05, 0) is 37.1 Å². The smallest absolute Gasteiger partial charge is 0.409 e. The number of likely N-dealkylation sites (tertiary alicyclic amines) is 1. The predicted octanol–water partition coefficient (Wildman–Crippen LogP) is 0.369. The summed E-state index contributed by atoms with van der Waals surface area (Å²) in [5.41, 5.74) is 0.737. The van der Waals surface area contributed by atoms with Crippen LogP contribution in [0.1, 0.15) is 18.4 Å². The van der Waals surface area contributed by atoms with Crippen molar-refractivity contribution in [2.24, 2.45) is 0 Å². The maximum atomic E-state index is 13.1. The molecule has 2 heterocycles. The molecule has 2 aliphatic rings. The average molecular weight is 454 g/mol. The zero-order valence-corrected chi connectivity index (χ0v) is 18.9. The minimum absolute atomic E-state index is 0.0682. The number of benzene rings is 1. The van der Waals surface area contributed by atoms with Crippen LogP contribution in [0.5, 0.6) is 0 Å². The van der Waals surface area contributed by atoms with Crippen LogP contribution in [0, 0.1) is 0 Å². The first-order valence-electron chi connectivity index (χ1n) is 10.5. The van der Waals surface area contributed by atoms with Crippen molar-refractivity contribution >= 4 is 21.8 Å². The summed E-state index contributed by atoms with van der Waals surface area (Å²) < 4.78 is 28.1. The molecular formula is C21H31N3O6S. The highest BCUT2D eigenvalue weighted by molar-refractivity contribution is 7.90. The lowest BCUT2D eigenvalue weighted by Gasteiger charge is -2.43. The van der Waals surface area contributed by atoms with E-state index in [1.165, 1.54) is 19.2 Å². The van der Waals surface area contributed by atoms with Gasteiger partial charge in [0.15, 0.2) is 9.84 Å². The fourth-order valence-corrected chi connectivity index (χ4v) is 5.01. The molecule has 3 rings (SSSR count). The van der Waals surface area contributed by atoms with E-state index in [1.807, 2.05) is 0 Å². The summed E-state index contributed by atoms with van der Waals surface area (Å²) in [6, 6.07) is 6.23. The summed E-state index contributed by atoms with van der Waals surface area (Å²) >= 11 is 0. The Labute approximate surface area is 183 Å². The van der Waals surface area contributed by atoms with E-state index >= 15 is 0 Å².